The summed E-state index contributed by atoms with van der Waals surface area (Å²) in [5.74, 6) is 0.133. The number of amides is 1. The summed E-state index contributed by atoms with van der Waals surface area (Å²) in [6.45, 7) is 10.0. The first-order valence-corrected chi connectivity index (χ1v) is 7.06. The predicted molar refractivity (Wildman–Crippen MR) is 79.9 cm³/mol. The summed E-state index contributed by atoms with van der Waals surface area (Å²) in [5, 5.41) is 2.94. The molecule has 0 radical (unpaired) electrons. The Hall–Kier alpha value is -1.35. The molecule has 0 aromatic heterocycles. The predicted octanol–water partition coefficient (Wildman–Crippen LogP) is 2.81. The van der Waals surface area contributed by atoms with Gasteiger partial charge < -0.3 is 5.32 Å². The number of hydrogen-bond acceptors (Lipinski definition) is 2. The zero-order valence-electron chi connectivity index (χ0n) is 12.5. The fourth-order valence-electron chi connectivity index (χ4n) is 1.98. The number of rotatable bonds is 7. The Balaban J connectivity index is 2.47. The van der Waals surface area contributed by atoms with E-state index < -0.39 is 0 Å². The van der Waals surface area contributed by atoms with Crippen LogP contribution in [0.15, 0.2) is 30.3 Å². The zero-order chi connectivity index (χ0) is 14.3. The van der Waals surface area contributed by atoms with E-state index in [-0.39, 0.29) is 11.9 Å². The van der Waals surface area contributed by atoms with E-state index in [1.54, 1.807) is 0 Å². The van der Waals surface area contributed by atoms with Crippen LogP contribution in [-0.4, -0.2) is 29.4 Å². The van der Waals surface area contributed by atoms with Crippen molar-refractivity contribution in [2.24, 2.45) is 0 Å². The lowest BCUT2D eigenvalue weighted by Crippen LogP contribution is -2.36. The van der Waals surface area contributed by atoms with E-state index in [1.165, 1.54) is 5.56 Å². The lowest BCUT2D eigenvalue weighted by atomic mass is 10.2. The van der Waals surface area contributed by atoms with E-state index in [0.29, 0.717) is 12.5 Å². The highest BCUT2D eigenvalue weighted by Gasteiger charge is 2.12. The van der Waals surface area contributed by atoms with Crippen LogP contribution < -0.4 is 5.32 Å². The SMILES string of the molecule is CC(C)NC(=O)CCN(Cc1ccccc1)C(C)C. The third-order valence-electron chi connectivity index (χ3n) is 3.03. The molecule has 0 saturated carbocycles. The number of carbonyl (C=O) groups excluding carboxylic acids is 1. The van der Waals surface area contributed by atoms with E-state index in [1.807, 2.05) is 19.9 Å². The molecule has 1 aromatic rings. The molecule has 106 valence electrons. The third kappa shape index (κ3) is 6.39. The normalized spacial score (nSPS) is 11.3. The van der Waals surface area contributed by atoms with E-state index in [9.17, 15) is 4.79 Å². The highest BCUT2D eigenvalue weighted by atomic mass is 16.1. The fourth-order valence-corrected chi connectivity index (χ4v) is 1.98. The van der Waals surface area contributed by atoms with Crippen molar-refractivity contribution < 1.29 is 4.79 Å². The molecule has 0 fully saturated rings. The molecule has 1 amide bonds. The average Bonchev–Trinajstić information content (AvgIpc) is 2.34. The van der Waals surface area contributed by atoms with Gasteiger partial charge in [-0.3, -0.25) is 9.69 Å². The third-order valence-corrected chi connectivity index (χ3v) is 3.03. The molecule has 0 aliphatic rings. The van der Waals surface area contributed by atoms with Crippen molar-refractivity contribution in [3.05, 3.63) is 35.9 Å². The standard InChI is InChI=1S/C16H26N2O/c1-13(2)17-16(19)10-11-18(14(3)4)12-15-8-6-5-7-9-15/h5-9,13-14H,10-12H2,1-4H3,(H,17,19). The van der Waals surface area contributed by atoms with Gasteiger partial charge in [-0.1, -0.05) is 30.3 Å². The Labute approximate surface area is 117 Å². The molecule has 0 atom stereocenters. The van der Waals surface area contributed by atoms with E-state index >= 15 is 0 Å². The average molecular weight is 262 g/mol. The van der Waals surface area contributed by atoms with Crippen molar-refractivity contribution >= 4 is 5.91 Å². The summed E-state index contributed by atoms with van der Waals surface area (Å²) in [4.78, 5) is 14.0. The molecular formula is C16H26N2O. The van der Waals surface area contributed by atoms with Gasteiger partial charge in [0.1, 0.15) is 0 Å². The van der Waals surface area contributed by atoms with Crippen LogP contribution in [0, 0.1) is 0 Å². The van der Waals surface area contributed by atoms with Gasteiger partial charge in [-0.25, -0.2) is 0 Å². The Morgan fingerprint density at radius 2 is 1.79 bits per heavy atom. The number of hydrogen-bond donors (Lipinski definition) is 1. The quantitative estimate of drug-likeness (QED) is 0.819. The van der Waals surface area contributed by atoms with Gasteiger partial charge in [-0.05, 0) is 33.3 Å². The van der Waals surface area contributed by atoms with Gasteiger partial charge in [0.05, 0.1) is 0 Å². The molecule has 3 nitrogen and oxygen atoms in total. The summed E-state index contributed by atoms with van der Waals surface area (Å²) in [6, 6.07) is 11.0. The summed E-state index contributed by atoms with van der Waals surface area (Å²) in [6.07, 6.45) is 0.559. The summed E-state index contributed by atoms with van der Waals surface area (Å²) < 4.78 is 0. The molecule has 1 N–H and O–H groups in total. The maximum absolute atomic E-state index is 11.7. The van der Waals surface area contributed by atoms with Gasteiger partial charge in [0, 0.05) is 31.6 Å². The van der Waals surface area contributed by atoms with Crippen LogP contribution in [-0.2, 0) is 11.3 Å². The number of nitrogens with one attached hydrogen (secondary N) is 1. The highest BCUT2D eigenvalue weighted by Crippen LogP contribution is 2.08. The Morgan fingerprint density at radius 1 is 1.16 bits per heavy atom. The lowest BCUT2D eigenvalue weighted by Gasteiger charge is -2.26. The first-order valence-electron chi connectivity index (χ1n) is 7.06. The zero-order valence-corrected chi connectivity index (χ0v) is 12.5. The molecule has 0 bridgehead atoms. The minimum Gasteiger partial charge on any atom is -0.354 e. The molecule has 1 aromatic carbocycles. The molecule has 19 heavy (non-hydrogen) atoms. The molecule has 0 spiro atoms. The topological polar surface area (TPSA) is 32.3 Å². The van der Waals surface area contributed by atoms with Gasteiger partial charge in [0.2, 0.25) is 5.91 Å². The molecule has 0 saturated heterocycles. The smallest absolute Gasteiger partial charge is 0.221 e. The van der Waals surface area contributed by atoms with Crippen LogP contribution in [0.3, 0.4) is 0 Å². The molecule has 0 aliphatic heterocycles. The van der Waals surface area contributed by atoms with Crippen molar-refractivity contribution in [1.82, 2.24) is 10.2 Å². The molecule has 0 heterocycles. The fraction of sp³-hybridized carbons (Fsp3) is 0.562. The van der Waals surface area contributed by atoms with Gasteiger partial charge in [-0.15, -0.1) is 0 Å². The van der Waals surface area contributed by atoms with Gasteiger partial charge in [0.15, 0.2) is 0 Å². The maximum Gasteiger partial charge on any atom is 0.221 e. The van der Waals surface area contributed by atoms with E-state index in [0.717, 1.165) is 13.1 Å². The Kier molecular flexibility index (Phi) is 6.57. The summed E-state index contributed by atoms with van der Waals surface area (Å²) in [5.41, 5.74) is 1.29. The highest BCUT2D eigenvalue weighted by molar-refractivity contribution is 5.76. The molecular weight excluding hydrogens is 236 g/mol. The molecule has 0 aliphatic carbocycles. The van der Waals surface area contributed by atoms with Crippen molar-refractivity contribution in [3.63, 3.8) is 0 Å². The van der Waals surface area contributed by atoms with Crippen molar-refractivity contribution in [2.75, 3.05) is 6.54 Å². The number of nitrogens with zero attached hydrogens (tertiary/aromatic N) is 1. The summed E-state index contributed by atoms with van der Waals surface area (Å²) in [7, 11) is 0. The minimum absolute atomic E-state index is 0.133. The van der Waals surface area contributed by atoms with Crippen molar-refractivity contribution in [1.29, 1.82) is 0 Å². The molecule has 0 unspecified atom stereocenters. The van der Waals surface area contributed by atoms with Gasteiger partial charge >= 0.3 is 0 Å². The van der Waals surface area contributed by atoms with Crippen molar-refractivity contribution in [3.8, 4) is 0 Å². The molecule has 3 heteroatoms. The maximum atomic E-state index is 11.7. The Bertz CT molecular complexity index is 374. The van der Waals surface area contributed by atoms with Crippen LogP contribution >= 0.6 is 0 Å². The monoisotopic (exact) mass is 262 g/mol. The second-order valence-electron chi connectivity index (χ2n) is 5.52. The van der Waals surface area contributed by atoms with Gasteiger partial charge in [-0.2, -0.15) is 0 Å². The van der Waals surface area contributed by atoms with Crippen LogP contribution in [0.1, 0.15) is 39.7 Å². The van der Waals surface area contributed by atoms with Crippen LogP contribution in [0.5, 0.6) is 0 Å². The largest absolute Gasteiger partial charge is 0.354 e. The van der Waals surface area contributed by atoms with Crippen molar-refractivity contribution in [2.45, 2.75) is 52.7 Å². The van der Waals surface area contributed by atoms with Crippen LogP contribution in [0.2, 0.25) is 0 Å². The lowest BCUT2D eigenvalue weighted by molar-refractivity contribution is -0.122. The molecule has 1 rings (SSSR count). The first-order chi connectivity index (χ1) is 8.99. The second-order valence-corrected chi connectivity index (χ2v) is 5.52. The summed E-state index contributed by atoms with van der Waals surface area (Å²) >= 11 is 0. The first kappa shape index (κ1) is 15.7. The number of benzene rings is 1. The van der Waals surface area contributed by atoms with Crippen LogP contribution in [0.25, 0.3) is 0 Å². The Morgan fingerprint density at radius 3 is 2.32 bits per heavy atom. The number of carbonyl (C=O) groups is 1. The minimum atomic E-state index is 0.133. The van der Waals surface area contributed by atoms with Gasteiger partial charge in [0.25, 0.3) is 0 Å². The van der Waals surface area contributed by atoms with E-state index in [4.69, 9.17) is 0 Å². The van der Waals surface area contributed by atoms with Crippen LogP contribution in [0.4, 0.5) is 0 Å². The second kappa shape index (κ2) is 7.95. The van der Waals surface area contributed by atoms with E-state index in [2.05, 4.69) is 48.3 Å².